The predicted octanol–water partition coefficient (Wildman–Crippen LogP) is 1.88. The summed E-state index contributed by atoms with van der Waals surface area (Å²) < 4.78 is 0. The minimum absolute atomic E-state index is 0.134. The van der Waals surface area contributed by atoms with Crippen molar-refractivity contribution in [2.24, 2.45) is 0 Å². The molecule has 1 N–H and O–H groups in total. The molecule has 0 atom stereocenters. The van der Waals surface area contributed by atoms with Crippen molar-refractivity contribution in [1.29, 1.82) is 5.26 Å². The Labute approximate surface area is 94.7 Å². The average molecular weight is 218 g/mol. The number of para-hydroxylation sites is 1. The smallest absolute Gasteiger partial charge is 0.303 e. The van der Waals surface area contributed by atoms with E-state index in [0.717, 1.165) is 5.69 Å². The fraction of sp³-hybridized carbons (Fsp3) is 0.333. The first-order chi connectivity index (χ1) is 7.74. The summed E-state index contributed by atoms with van der Waals surface area (Å²) in [6.45, 7) is 0.869. The summed E-state index contributed by atoms with van der Waals surface area (Å²) in [7, 11) is 0. The zero-order valence-corrected chi connectivity index (χ0v) is 8.97. The molecule has 1 aromatic rings. The van der Waals surface area contributed by atoms with Gasteiger partial charge >= 0.3 is 5.97 Å². The van der Waals surface area contributed by atoms with Crippen LogP contribution in [0.25, 0.3) is 0 Å². The van der Waals surface area contributed by atoms with Gasteiger partial charge in [0, 0.05) is 18.7 Å². The van der Waals surface area contributed by atoms with Crippen molar-refractivity contribution in [3.8, 4) is 6.07 Å². The van der Waals surface area contributed by atoms with E-state index in [-0.39, 0.29) is 13.0 Å². The molecule has 1 aromatic carbocycles. The van der Waals surface area contributed by atoms with E-state index in [0.29, 0.717) is 13.0 Å². The molecule has 0 spiro atoms. The number of benzene rings is 1. The number of nitriles is 1. The molecule has 0 saturated heterocycles. The molecule has 84 valence electrons. The third kappa shape index (κ3) is 4.01. The number of carbonyl (C=O) groups is 1. The number of carboxylic acids is 1. The quantitative estimate of drug-likeness (QED) is 0.740. The molecule has 0 fully saturated rings. The van der Waals surface area contributed by atoms with Crippen LogP contribution in [0.3, 0.4) is 0 Å². The SMILES string of the molecule is N#CCN(CCCC(=O)O)c1ccccc1. The lowest BCUT2D eigenvalue weighted by atomic mass is 10.2. The molecule has 1 rings (SSSR count). The summed E-state index contributed by atoms with van der Waals surface area (Å²) in [5.74, 6) is -0.801. The Morgan fingerprint density at radius 2 is 2.06 bits per heavy atom. The number of nitrogens with zero attached hydrogens (tertiary/aromatic N) is 2. The van der Waals surface area contributed by atoms with Gasteiger partial charge in [0.15, 0.2) is 0 Å². The number of hydrogen-bond donors (Lipinski definition) is 1. The van der Waals surface area contributed by atoms with E-state index in [1.807, 2.05) is 35.2 Å². The zero-order chi connectivity index (χ0) is 11.8. The highest BCUT2D eigenvalue weighted by molar-refractivity contribution is 5.66. The number of anilines is 1. The second kappa shape index (κ2) is 6.46. The first-order valence-electron chi connectivity index (χ1n) is 5.13. The summed E-state index contributed by atoms with van der Waals surface area (Å²) in [5, 5.41) is 17.2. The molecule has 0 radical (unpaired) electrons. The van der Waals surface area contributed by atoms with Crippen LogP contribution in [0.1, 0.15) is 12.8 Å². The van der Waals surface area contributed by atoms with Crippen LogP contribution >= 0.6 is 0 Å². The number of rotatable bonds is 6. The van der Waals surface area contributed by atoms with Gasteiger partial charge in [0.05, 0.1) is 6.07 Å². The normalized spacial score (nSPS) is 9.44. The largest absolute Gasteiger partial charge is 0.481 e. The summed E-state index contributed by atoms with van der Waals surface area (Å²) in [4.78, 5) is 12.3. The summed E-state index contributed by atoms with van der Waals surface area (Å²) >= 11 is 0. The molecular formula is C12H14N2O2. The molecule has 0 bridgehead atoms. The van der Waals surface area contributed by atoms with Crippen LogP contribution in [0.2, 0.25) is 0 Å². The highest BCUT2D eigenvalue weighted by Gasteiger charge is 2.06. The molecular weight excluding hydrogens is 204 g/mol. The van der Waals surface area contributed by atoms with Crippen molar-refractivity contribution < 1.29 is 9.90 Å². The van der Waals surface area contributed by atoms with Crippen LogP contribution in [0.15, 0.2) is 30.3 Å². The van der Waals surface area contributed by atoms with Gasteiger partial charge in [-0.2, -0.15) is 5.26 Å². The maximum Gasteiger partial charge on any atom is 0.303 e. The van der Waals surface area contributed by atoms with Gasteiger partial charge in [-0.25, -0.2) is 0 Å². The third-order valence-corrected chi connectivity index (χ3v) is 2.20. The molecule has 0 heterocycles. The highest BCUT2D eigenvalue weighted by Crippen LogP contribution is 2.13. The molecule has 16 heavy (non-hydrogen) atoms. The van der Waals surface area contributed by atoms with E-state index < -0.39 is 5.97 Å². The Balaban J connectivity index is 2.55. The lowest BCUT2D eigenvalue weighted by Crippen LogP contribution is -2.25. The molecule has 0 aliphatic heterocycles. The van der Waals surface area contributed by atoms with Crippen LogP contribution in [0.5, 0.6) is 0 Å². The van der Waals surface area contributed by atoms with E-state index in [1.165, 1.54) is 0 Å². The molecule has 0 aromatic heterocycles. The number of carboxylic acid groups (broad SMARTS) is 1. The van der Waals surface area contributed by atoms with Crippen molar-refractivity contribution in [2.45, 2.75) is 12.8 Å². The predicted molar refractivity (Wildman–Crippen MR) is 61.1 cm³/mol. The van der Waals surface area contributed by atoms with Crippen LogP contribution in [-0.2, 0) is 4.79 Å². The Morgan fingerprint density at radius 3 is 2.62 bits per heavy atom. The first kappa shape index (κ1) is 12.1. The molecule has 0 saturated carbocycles. The van der Waals surface area contributed by atoms with Gasteiger partial charge in [-0.05, 0) is 18.6 Å². The number of hydrogen-bond acceptors (Lipinski definition) is 3. The van der Waals surface area contributed by atoms with Crippen LogP contribution in [0, 0.1) is 11.3 Å². The lowest BCUT2D eigenvalue weighted by Gasteiger charge is -2.21. The fourth-order valence-corrected chi connectivity index (χ4v) is 1.44. The average Bonchev–Trinajstić information content (AvgIpc) is 2.29. The van der Waals surface area contributed by atoms with E-state index >= 15 is 0 Å². The minimum atomic E-state index is -0.801. The maximum absolute atomic E-state index is 10.4. The minimum Gasteiger partial charge on any atom is -0.481 e. The fourth-order valence-electron chi connectivity index (χ4n) is 1.44. The Kier molecular flexibility index (Phi) is 4.87. The molecule has 4 heteroatoms. The van der Waals surface area contributed by atoms with Crippen molar-refractivity contribution in [3.05, 3.63) is 30.3 Å². The lowest BCUT2D eigenvalue weighted by molar-refractivity contribution is -0.137. The zero-order valence-electron chi connectivity index (χ0n) is 8.97. The maximum atomic E-state index is 10.4. The van der Waals surface area contributed by atoms with Gasteiger partial charge in [0.2, 0.25) is 0 Å². The monoisotopic (exact) mass is 218 g/mol. The van der Waals surface area contributed by atoms with Crippen LogP contribution in [-0.4, -0.2) is 24.2 Å². The van der Waals surface area contributed by atoms with Gasteiger partial charge in [-0.15, -0.1) is 0 Å². The number of aliphatic carboxylic acids is 1. The van der Waals surface area contributed by atoms with E-state index in [4.69, 9.17) is 10.4 Å². The molecule has 0 amide bonds. The van der Waals surface area contributed by atoms with E-state index in [1.54, 1.807) is 0 Å². The summed E-state index contributed by atoms with van der Waals surface area (Å²) in [6.07, 6.45) is 0.681. The van der Waals surface area contributed by atoms with Gasteiger partial charge < -0.3 is 10.0 Å². The molecule has 0 aliphatic rings. The molecule has 4 nitrogen and oxygen atoms in total. The summed E-state index contributed by atoms with van der Waals surface area (Å²) in [6, 6.07) is 11.6. The van der Waals surface area contributed by atoms with Gasteiger partial charge in [-0.1, -0.05) is 18.2 Å². The Bertz CT molecular complexity index is 370. The summed E-state index contributed by atoms with van der Waals surface area (Å²) in [5.41, 5.74) is 0.953. The van der Waals surface area contributed by atoms with Crippen LogP contribution < -0.4 is 4.90 Å². The first-order valence-corrected chi connectivity index (χ1v) is 5.13. The van der Waals surface area contributed by atoms with Crippen molar-refractivity contribution >= 4 is 11.7 Å². The third-order valence-electron chi connectivity index (χ3n) is 2.20. The second-order valence-electron chi connectivity index (χ2n) is 3.41. The van der Waals surface area contributed by atoms with Gasteiger partial charge in [-0.3, -0.25) is 4.79 Å². The molecule has 0 aliphatic carbocycles. The Hall–Kier alpha value is -2.02. The van der Waals surface area contributed by atoms with Crippen molar-refractivity contribution in [3.63, 3.8) is 0 Å². The van der Waals surface area contributed by atoms with E-state index in [2.05, 4.69) is 6.07 Å². The highest BCUT2D eigenvalue weighted by atomic mass is 16.4. The van der Waals surface area contributed by atoms with Crippen LogP contribution in [0.4, 0.5) is 5.69 Å². The van der Waals surface area contributed by atoms with Gasteiger partial charge in [0.25, 0.3) is 0 Å². The molecule has 0 unspecified atom stereocenters. The Morgan fingerprint density at radius 1 is 1.38 bits per heavy atom. The van der Waals surface area contributed by atoms with Crippen molar-refractivity contribution in [1.82, 2.24) is 0 Å². The standard InChI is InChI=1S/C12H14N2O2/c13-8-10-14(9-4-7-12(15)16)11-5-2-1-3-6-11/h1-3,5-6H,4,7,9-10H2,(H,15,16). The second-order valence-corrected chi connectivity index (χ2v) is 3.41. The van der Waals surface area contributed by atoms with Crippen molar-refractivity contribution in [2.75, 3.05) is 18.0 Å². The topological polar surface area (TPSA) is 64.3 Å². The van der Waals surface area contributed by atoms with E-state index in [9.17, 15) is 4.79 Å². The van der Waals surface area contributed by atoms with Gasteiger partial charge in [0.1, 0.15) is 6.54 Å².